The monoisotopic (exact) mass is 532 g/mol. The summed E-state index contributed by atoms with van der Waals surface area (Å²) in [5, 5.41) is 10.2. The van der Waals surface area contributed by atoms with Gasteiger partial charge in [0.15, 0.2) is 0 Å². The zero-order valence-corrected chi connectivity index (χ0v) is 22.7. The highest BCUT2D eigenvalue weighted by Crippen LogP contribution is 2.44. The molecule has 0 aromatic heterocycles. The third-order valence-corrected chi connectivity index (χ3v) is 8.23. The Morgan fingerprint density at radius 3 is 1.97 bits per heavy atom. The number of carboxylic acid groups (broad SMARTS) is 1. The molecule has 1 aliphatic rings. The summed E-state index contributed by atoms with van der Waals surface area (Å²) in [6.45, 7) is -0.665. The summed E-state index contributed by atoms with van der Waals surface area (Å²) in [5.74, 6) is -0.964. The van der Waals surface area contributed by atoms with E-state index in [0.717, 1.165) is 19.3 Å². The number of halogens is 3. The van der Waals surface area contributed by atoms with Crippen LogP contribution in [0, 0.1) is 11.7 Å². The quantitative estimate of drug-likeness (QED) is 0.219. The van der Waals surface area contributed by atoms with Crippen molar-refractivity contribution in [2.45, 2.75) is 115 Å². The Bertz CT molecular complexity index is 982. The average Bonchev–Trinajstić information content (AvgIpc) is 2.90. The van der Waals surface area contributed by atoms with E-state index in [9.17, 15) is 18.7 Å². The van der Waals surface area contributed by atoms with Crippen molar-refractivity contribution in [3.63, 3.8) is 0 Å². The molecule has 38 heavy (non-hydrogen) atoms. The molecule has 3 nitrogen and oxygen atoms in total. The summed E-state index contributed by atoms with van der Waals surface area (Å²) >= 11 is 0. The number of alkyl halides is 2. The van der Waals surface area contributed by atoms with Gasteiger partial charge in [0.25, 0.3) is 0 Å². The van der Waals surface area contributed by atoms with E-state index in [4.69, 9.17) is 0 Å². The van der Waals surface area contributed by atoms with Crippen LogP contribution in [-0.4, -0.2) is 17.7 Å². The second kappa shape index (κ2) is 15.2. The van der Waals surface area contributed by atoms with Crippen LogP contribution in [0.2, 0.25) is 0 Å². The van der Waals surface area contributed by atoms with E-state index in [-0.39, 0.29) is 11.3 Å². The van der Waals surface area contributed by atoms with Crippen molar-refractivity contribution in [3.05, 3.63) is 53.8 Å². The Labute approximate surface area is 225 Å². The van der Waals surface area contributed by atoms with Gasteiger partial charge in [-0.25, -0.2) is 4.39 Å². The molecule has 1 aliphatic carbocycles. The topological polar surface area (TPSA) is 46.5 Å². The lowest BCUT2D eigenvalue weighted by Gasteiger charge is -2.37. The van der Waals surface area contributed by atoms with Crippen molar-refractivity contribution in [1.82, 2.24) is 0 Å². The van der Waals surface area contributed by atoms with Gasteiger partial charge in [-0.1, -0.05) is 102 Å². The molecule has 0 bridgehead atoms. The number of unbranched alkanes of at least 4 members (excludes halogenated alkanes) is 9. The minimum absolute atomic E-state index is 0.0280. The highest BCUT2D eigenvalue weighted by molar-refractivity contribution is 5.82. The fourth-order valence-corrected chi connectivity index (χ4v) is 5.89. The molecule has 6 heteroatoms. The zero-order valence-electron chi connectivity index (χ0n) is 22.7. The third-order valence-electron chi connectivity index (χ3n) is 8.23. The molecule has 1 N–H and O–H groups in total. The lowest BCUT2D eigenvalue weighted by Crippen LogP contribution is -2.40. The van der Waals surface area contributed by atoms with E-state index < -0.39 is 23.8 Å². The minimum atomic E-state index is -2.91. The van der Waals surface area contributed by atoms with Gasteiger partial charge in [0, 0.05) is 5.56 Å². The molecule has 1 fully saturated rings. The second-order valence-corrected chi connectivity index (χ2v) is 10.9. The predicted molar refractivity (Wildman–Crippen MR) is 146 cm³/mol. The maximum atomic E-state index is 15.3. The van der Waals surface area contributed by atoms with Crippen molar-refractivity contribution in [1.29, 1.82) is 0 Å². The number of ether oxygens (including phenoxy) is 1. The van der Waals surface area contributed by atoms with Gasteiger partial charge in [0.1, 0.15) is 11.6 Å². The van der Waals surface area contributed by atoms with Gasteiger partial charge in [-0.15, -0.1) is 0 Å². The first-order chi connectivity index (χ1) is 18.4. The maximum absolute atomic E-state index is 15.3. The van der Waals surface area contributed by atoms with Crippen LogP contribution < -0.4 is 4.74 Å². The van der Waals surface area contributed by atoms with Crippen LogP contribution in [0.25, 0.3) is 11.1 Å². The van der Waals surface area contributed by atoms with Gasteiger partial charge in [-0.05, 0) is 60.9 Å². The van der Waals surface area contributed by atoms with Crippen LogP contribution in [0.5, 0.6) is 5.75 Å². The fraction of sp³-hybridized carbons (Fsp3) is 0.594. The minimum Gasteiger partial charge on any atom is -0.481 e. The number of hydrogen-bond donors (Lipinski definition) is 1. The number of carbonyl (C=O) groups is 1. The molecule has 0 amide bonds. The molecular weight excluding hydrogens is 489 g/mol. The highest BCUT2D eigenvalue weighted by atomic mass is 19.3. The number of hydrogen-bond acceptors (Lipinski definition) is 2. The van der Waals surface area contributed by atoms with Crippen molar-refractivity contribution in [2.75, 3.05) is 0 Å². The first-order valence-corrected chi connectivity index (χ1v) is 14.4. The summed E-state index contributed by atoms with van der Waals surface area (Å²) in [4.78, 5) is 12.4. The van der Waals surface area contributed by atoms with Gasteiger partial charge in [-0.2, -0.15) is 8.78 Å². The van der Waals surface area contributed by atoms with Gasteiger partial charge in [0.05, 0.1) is 5.41 Å². The normalized spacial score (nSPS) is 19.6. The fourth-order valence-electron chi connectivity index (χ4n) is 5.89. The summed E-state index contributed by atoms with van der Waals surface area (Å²) in [6, 6.07) is 10.6. The van der Waals surface area contributed by atoms with Crippen LogP contribution in [-0.2, 0) is 10.2 Å². The van der Waals surface area contributed by atoms with E-state index >= 15 is 4.39 Å². The Morgan fingerprint density at radius 1 is 0.895 bits per heavy atom. The first kappa shape index (κ1) is 30.0. The summed E-state index contributed by atoms with van der Waals surface area (Å²) in [7, 11) is 0. The molecule has 0 spiro atoms. The SMILES string of the molecule is CCCCCCCCCCCC[C@H]1CC[C@@](C(=O)O)(c2ccc(-c3ccc(OC(F)F)cc3)cc2F)CC1. The highest BCUT2D eigenvalue weighted by Gasteiger charge is 2.45. The van der Waals surface area contributed by atoms with E-state index in [1.807, 2.05) is 0 Å². The molecular formula is C32H43F3O3. The summed E-state index contributed by atoms with van der Waals surface area (Å²) in [5.41, 5.74) is 0.238. The van der Waals surface area contributed by atoms with Crippen molar-refractivity contribution in [2.24, 2.45) is 5.92 Å². The molecule has 2 aromatic rings. The maximum Gasteiger partial charge on any atom is 0.387 e. The molecule has 0 radical (unpaired) electrons. The van der Waals surface area contributed by atoms with Gasteiger partial charge in [-0.3, -0.25) is 4.79 Å². The molecule has 0 heterocycles. The molecule has 0 atom stereocenters. The molecule has 1 saturated carbocycles. The van der Waals surface area contributed by atoms with Crippen molar-refractivity contribution >= 4 is 5.97 Å². The van der Waals surface area contributed by atoms with Crippen molar-refractivity contribution in [3.8, 4) is 16.9 Å². The average molecular weight is 533 g/mol. The van der Waals surface area contributed by atoms with E-state index in [1.54, 1.807) is 24.3 Å². The van der Waals surface area contributed by atoms with E-state index in [0.29, 0.717) is 29.9 Å². The predicted octanol–water partition coefficient (Wildman–Crippen LogP) is 9.92. The van der Waals surface area contributed by atoms with Crippen LogP contribution >= 0.6 is 0 Å². The van der Waals surface area contributed by atoms with Crippen LogP contribution in [0.15, 0.2) is 42.5 Å². The molecule has 0 unspecified atom stereocenters. The standard InChI is InChI=1S/C32H43F3O3/c1-2-3-4-5-6-7-8-9-10-11-12-24-19-21-32(22-20-24,30(36)37)28-18-15-26(23-29(28)33)25-13-16-27(17-14-25)38-31(34)35/h13-18,23-24,31H,2-12,19-22H2,1H3,(H,36,37)/t24-,32-. The zero-order chi connectivity index (χ0) is 27.4. The molecule has 0 saturated heterocycles. The van der Waals surface area contributed by atoms with Gasteiger partial charge < -0.3 is 9.84 Å². The number of rotatable bonds is 16. The van der Waals surface area contributed by atoms with Crippen LogP contribution in [0.4, 0.5) is 13.2 Å². The van der Waals surface area contributed by atoms with Crippen LogP contribution in [0.1, 0.15) is 109 Å². The molecule has 210 valence electrons. The van der Waals surface area contributed by atoms with E-state index in [2.05, 4.69) is 11.7 Å². The molecule has 3 rings (SSSR count). The lowest BCUT2D eigenvalue weighted by molar-refractivity contribution is -0.145. The number of benzene rings is 2. The largest absolute Gasteiger partial charge is 0.481 e. The molecule has 2 aromatic carbocycles. The van der Waals surface area contributed by atoms with Crippen molar-refractivity contribution < 1.29 is 27.8 Å². The second-order valence-electron chi connectivity index (χ2n) is 10.9. The Balaban J connectivity index is 1.50. The molecule has 0 aliphatic heterocycles. The summed E-state index contributed by atoms with van der Waals surface area (Å²) < 4.78 is 44.5. The number of carboxylic acids is 1. The Hall–Kier alpha value is -2.50. The first-order valence-electron chi connectivity index (χ1n) is 14.4. The van der Waals surface area contributed by atoms with Crippen LogP contribution in [0.3, 0.4) is 0 Å². The Morgan fingerprint density at radius 2 is 1.45 bits per heavy atom. The summed E-state index contributed by atoms with van der Waals surface area (Å²) in [6.07, 6.45) is 16.7. The smallest absolute Gasteiger partial charge is 0.387 e. The number of aliphatic carboxylic acids is 1. The lowest BCUT2D eigenvalue weighted by atomic mass is 9.65. The van der Waals surface area contributed by atoms with E-state index in [1.165, 1.54) is 82.4 Å². The Kier molecular flexibility index (Phi) is 12.0. The van der Waals surface area contributed by atoms with Gasteiger partial charge in [0.2, 0.25) is 0 Å². The van der Waals surface area contributed by atoms with Gasteiger partial charge >= 0.3 is 12.6 Å². The third kappa shape index (κ3) is 8.51.